The van der Waals surface area contributed by atoms with Crippen LogP contribution < -0.4 is 0 Å². The third-order valence-electron chi connectivity index (χ3n) is 4.40. The summed E-state index contributed by atoms with van der Waals surface area (Å²) in [6, 6.07) is 20.2. The fraction of sp³-hybridized carbons (Fsp3) is 0.190. The van der Waals surface area contributed by atoms with Crippen LogP contribution in [0.1, 0.15) is 17.5 Å². The molecule has 0 fully saturated rings. The molecule has 6 heteroatoms. The Hall–Kier alpha value is -2.86. The maximum absolute atomic E-state index is 12.4. The molecule has 1 amide bonds. The lowest BCUT2D eigenvalue weighted by Crippen LogP contribution is -2.25. The average Bonchev–Trinajstić information content (AvgIpc) is 3.41. The Bertz CT molecular complexity index is 921. The molecule has 4 rings (SSSR count). The minimum Gasteiger partial charge on any atom is -0.272 e. The Morgan fingerprint density at radius 1 is 1.04 bits per heavy atom. The van der Waals surface area contributed by atoms with Crippen LogP contribution >= 0.6 is 11.8 Å². The standard InChI is InChI=1S/C21H20N4OS/c26-21(25-14-11-20(23-25)18-5-2-1-3-6-18)16-27-15-17-7-9-19(10-8-17)24-13-4-12-22-24/h1-10,12-13H,11,14-16H2. The van der Waals surface area contributed by atoms with Gasteiger partial charge in [-0.15, -0.1) is 11.8 Å². The highest BCUT2D eigenvalue weighted by molar-refractivity contribution is 7.99. The van der Waals surface area contributed by atoms with E-state index in [0.29, 0.717) is 12.3 Å². The number of aromatic nitrogens is 2. The van der Waals surface area contributed by atoms with Gasteiger partial charge in [-0.05, 0) is 29.3 Å². The van der Waals surface area contributed by atoms with Crippen molar-refractivity contribution in [2.24, 2.45) is 5.10 Å². The van der Waals surface area contributed by atoms with E-state index in [4.69, 9.17) is 0 Å². The lowest BCUT2D eigenvalue weighted by atomic mass is 10.1. The summed E-state index contributed by atoms with van der Waals surface area (Å²) in [6.07, 6.45) is 4.50. The largest absolute Gasteiger partial charge is 0.272 e. The second-order valence-electron chi connectivity index (χ2n) is 6.29. The van der Waals surface area contributed by atoms with Crippen LogP contribution in [0.5, 0.6) is 0 Å². The molecule has 0 atom stereocenters. The van der Waals surface area contributed by atoms with Crippen LogP contribution in [0.4, 0.5) is 0 Å². The first-order valence-corrected chi connectivity index (χ1v) is 10.0. The topological polar surface area (TPSA) is 50.5 Å². The van der Waals surface area contributed by atoms with E-state index in [1.165, 1.54) is 5.56 Å². The van der Waals surface area contributed by atoms with Crippen LogP contribution in [-0.2, 0) is 10.5 Å². The van der Waals surface area contributed by atoms with E-state index < -0.39 is 0 Å². The van der Waals surface area contributed by atoms with E-state index >= 15 is 0 Å². The second-order valence-corrected chi connectivity index (χ2v) is 7.28. The molecule has 0 N–H and O–H groups in total. The Morgan fingerprint density at radius 3 is 2.59 bits per heavy atom. The number of thioether (sulfide) groups is 1. The van der Waals surface area contributed by atoms with Crippen LogP contribution in [0.2, 0.25) is 0 Å². The van der Waals surface area contributed by atoms with E-state index in [0.717, 1.165) is 29.1 Å². The number of hydrogen-bond donors (Lipinski definition) is 0. The van der Waals surface area contributed by atoms with Crippen molar-refractivity contribution in [2.75, 3.05) is 12.3 Å². The minimum atomic E-state index is 0.0686. The molecule has 0 aliphatic carbocycles. The number of benzene rings is 2. The van der Waals surface area contributed by atoms with Gasteiger partial charge in [-0.1, -0.05) is 42.5 Å². The molecule has 5 nitrogen and oxygen atoms in total. The molecule has 0 saturated carbocycles. The van der Waals surface area contributed by atoms with Gasteiger partial charge >= 0.3 is 0 Å². The number of carbonyl (C=O) groups is 1. The van der Waals surface area contributed by atoms with Gasteiger partial charge in [-0.2, -0.15) is 10.2 Å². The highest BCUT2D eigenvalue weighted by Gasteiger charge is 2.21. The zero-order valence-corrected chi connectivity index (χ0v) is 15.7. The van der Waals surface area contributed by atoms with E-state index in [2.05, 4.69) is 22.3 Å². The molecule has 2 aromatic carbocycles. The van der Waals surface area contributed by atoms with Gasteiger partial charge in [0.2, 0.25) is 0 Å². The summed E-state index contributed by atoms with van der Waals surface area (Å²) in [5.41, 5.74) is 4.31. The molecule has 0 spiro atoms. The van der Waals surface area contributed by atoms with Crippen molar-refractivity contribution >= 4 is 23.4 Å². The molecule has 1 aliphatic rings. The van der Waals surface area contributed by atoms with Gasteiger partial charge in [0.1, 0.15) is 0 Å². The highest BCUT2D eigenvalue weighted by atomic mass is 32.2. The monoisotopic (exact) mass is 376 g/mol. The Labute approximate surface area is 162 Å². The minimum absolute atomic E-state index is 0.0686. The van der Waals surface area contributed by atoms with Crippen molar-refractivity contribution in [1.82, 2.24) is 14.8 Å². The molecule has 2 heterocycles. The summed E-state index contributed by atoms with van der Waals surface area (Å²) in [4.78, 5) is 12.4. The van der Waals surface area contributed by atoms with E-state index in [9.17, 15) is 4.79 Å². The predicted molar refractivity (Wildman–Crippen MR) is 109 cm³/mol. The third kappa shape index (κ3) is 4.28. The lowest BCUT2D eigenvalue weighted by Gasteiger charge is -2.11. The normalized spacial score (nSPS) is 13.6. The van der Waals surface area contributed by atoms with Crippen LogP contribution in [0.25, 0.3) is 5.69 Å². The molecular formula is C21H20N4OS. The molecule has 0 saturated heterocycles. The van der Waals surface area contributed by atoms with Crippen molar-refractivity contribution < 1.29 is 4.79 Å². The van der Waals surface area contributed by atoms with Crippen LogP contribution in [-0.4, -0.2) is 38.7 Å². The van der Waals surface area contributed by atoms with Crippen molar-refractivity contribution in [3.8, 4) is 5.69 Å². The van der Waals surface area contributed by atoms with Crippen molar-refractivity contribution in [3.05, 3.63) is 84.2 Å². The van der Waals surface area contributed by atoms with Gasteiger partial charge in [0.05, 0.1) is 23.7 Å². The fourth-order valence-corrected chi connectivity index (χ4v) is 3.82. The van der Waals surface area contributed by atoms with Gasteiger partial charge in [0, 0.05) is 24.6 Å². The van der Waals surface area contributed by atoms with E-state index in [1.54, 1.807) is 23.0 Å². The SMILES string of the molecule is O=C(CSCc1ccc(-n2cccn2)cc1)N1CCC(c2ccccc2)=N1. The Balaban J connectivity index is 1.28. The van der Waals surface area contributed by atoms with Crippen LogP contribution in [0.3, 0.4) is 0 Å². The number of rotatable bonds is 6. The summed E-state index contributed by atoms with van der Waals surface area (Å²) < 4.78 is 1.83. The molecule has 0 unspecified atom stereocenters. The number of hydrazone groups is 1. The molecule has 136 valence electrons. The van der Waals surface area contributed by atoms with Gasteiger partial charge in [-0.25, -0.2) is 9.69 Å². The highest BCUT2D eigenvalue weighted by Crippen LogP contribution is 2.18. The quantitative estimate of drug-likeness (QED) is 0.658. The number of nitrogens with zero attached hydrogens (tertiary/aromatic N) is 4. The van der Waals surface area contributed by atoms with Gasteiger partial charge in [0.25, 0.3) is 5.91 Å². The number of carbonyl (C=O) groups excluding carboxylic acids is 1. The second kappa shape index (κ2) is 8.22. The number of amides is 1. The maximum Gasteiger partial charge on any atom is 0.252 e. The molecule has 3 aromatic rings. The zero-order valence-electron chi connectivity index (χ0n) is 14.9. The van der Waals surface area contributed by atoms with Gasteiger partial charge in [0.15, 0.2) is 0 Å². The van der Waals surface area contributed by atoms with Crippen molar-refractivity contribution in [2.45, 2.75) is 12.2 Å². The van der Waals surface area contributed by atoms with E-state index in [-0.39, 0.29) is 5.91 Å². The zero-order chi connectivity index (χ0) is 18.5. The summed E-state index contributed by atoms with van der Waals surface area (Å²) in [5, 5.41) is 10.3. The first-order valence-electron chi connectivity index (χ1n) is 8.89. The first kappa shape index (κ1) is 17.5. The van der Waals surface area contributed by atoms with E-state index in [1.807, 2.05) is 59.4 Å². The summed E-state index contributed by atoms with van der Waals surface area (Å²) >= 11 is 1.62. The Morgan fingerprint density at radius 2 is 1.85 bits per heavy atom. The predicted octanol–water partition coefficient (Wildman–Crippen LogP) is 3.74. The summed E-state index contributed by atoms with van der Waals surface area (Å²) in [5.74, 6) is 1.31. The van der Waals surface area contributed by atoms with Gasteiger partial charge < -0.3 is 0 Å². The fourth-order valence-electron chi connectivity index (χ4n) is 2.97. The first-order chi connectivity index (χ1) is 13.3. The maximum atomic E-state index is 12.4. The third-order valence-corrected chi connectivity index (χ3v) is 5.38. The average molecular weight is 376 g/mol. The summed E-state index contributed by atoms with van der Waals surface area (Å²) in [7, 11) is 0. The Kier molecular flexibility index (Phi) is 5.34. The van der Waals surface area contributed by atoms with Crippen LogP contribution in [0.15, 0.2) is 78.2 Å². The molecule has 27 heavy (non-hydrogen) atoms. The molecule has 1 aliphatic heterocycles. The molecule has 1 aromatic heterocycles. The van der Waals surface area contributed by atoms with Crippen LogP contribution in [0, 0.1) is 0 Å². The smallest absolute Gasteiger partial charge is 0.252 e. The number of hydrogen-bond acceptors (Lipinski definition) is 4. The van der Waals surface area contributed by atoms with Crippen molar-refractivity contribution in [1.29, 1.82) is 0 Å². The van der Waals surface area contributed by atoms with Crippen molar-refractivity contribution in [3.63, 3.8) is 0 Å². The summed E-state index contributed by atoms with van der Waals surface area (Å²) in [6.45, 7) is 0.669. The lowest BCUT2D eigenvalue weighted by molar-refractivity contribution is -0.127. The molecule has 0 bridgehead atoms. The molecular weight excluding hydrogens is 356 g/mol. The van der Waals surface area contributed by atoms with Gasteiger partial charge in [-0.3, -0.25) is 4.79 Å². The molecule has 0 radical (unpaired) electrons.